The number of rotatable bonds is 5. The van der Waals surface area contributed by atoms with E-state index in [1.165, 1.54) is 10.6 Å². The van der Waals surface area contributed by atoms with Gasteiger partial charge < -0.3 is 14.8 Å². The van der Waals surface area contributed by atoms with Crippen molar-refractivity contribution in [2.75, 3.05) is 18.5 Å². The minimum atomic E-state index is 0.519. The first-order valence-corrected chi connectivity index (χ1v) is 8.43. The van der Waals surface area contributed by atoms with Crippen LogP contribution < -0.4 is 10.2 Å². The van der Waals surface area contributed by atoms with Crippen LogP contribution in [0.1, 0.15) is 42.6 Å². The van der Waals surface area contributed by atoms with Crippen LogP contribution in [0.4, 0.5) is 5.13 Å². The van der Waals surface area contributed by atoms with Crippen molar-refractivity contribution in [3.05, 3.63) is 28.8 Å². The SMILES string of the molecule is CCC(C)c1nc(N2CCn3ccnc3C2)sc1CNC. The third-order valence-corrected chi connectivity index (χ3v) is 5.28. The van der Waals surface area contributed by atoms with E-state index in [4.69, 9.17) is 4.98 Å². The molecule has 3 heterocycles. The highest BCUT2D eigenvalue weighted by atomic mass is 32.1. The average molecular weight is 305 g/mol. The molecule has 2 aromatic rings. The summed E-state index contributed by atoms with van der Waals surface area (Å²) in [6.07, 6.45) is 5.08. The van der Waals surface area contributed by atoms with E-state index in [0.717, 1.165) is 43.6 Å². The van der Waals surface area contributed by atoms with Crippen LogP contribution in [0.2, 0.25) is 0 Å². The Labute approximate surface area is 130 Å². The Balaban J connectivity index is 1.86. The fraction of sp³-hybridized carbons (Fsp3) is 0.600. The molecule has 1 atom stereocenters. The minimum absolute atomic E-state index is 0.519. The minimum Gasteiger partial charge on any atom is -0.339 e. The van der Waals surface area contributed by atoms with E-state index in [9.17, 15) is 0 Å². The molecule has 0 aliphatic carbocycles. The quantitative estimate of drug-likeness (QED) is 0.922. The molecule has 0 radical (unpaired) electrons. The topological polar surface area (TPSA) is 46.0 Å². The Morgan fingerprint density at radius 3 is 3.05 bits per heavy atom. The summed E-state index contributed by atoms with van der Waals surface area (Å²) >= 11 is 1.83. The summed E-state index contributed by atoms with van der Waals surface area (Å²) in [5, 5.41) is 4.41. The van der Waals surface area contributed by atoms with Gasteiger partial charge in [0.15, 0.2) is 5.13 Å². The second-order valence-corrected chi connectivity index (χ2v) is 6.66. The van der Waals surface area contributed by atoms with Gasteiger partial charge in [0.25, 0.3) is 0 Å². The fourth-order valence-corrected chi connectivity index (χ4v) is 3.91. The molecule has 6 heteroatoms. The molecular formula is C15H23N5S. The van der Waals surface area contributed by atoms with Gasteiger partial charge >= 0.3 is 0 Å². The normalized spacial score (nSPS) is 16.0. The van der Waals surface area contributed by atoms with Gasteiger partial charge in [-0.3, -0.25) is 0 Å². The molecular weight excluding hydrogens is 282 g/mol. The van der Waals surface area contributed by atoms with E-state index in [2.05, 4.69) is 39.8 Å². The number of nitrogens with zero attached hydrogens (tertiary/aromatic N) is 4. The van der Waals surface area contributed by atoms with E-state index in [0.29, 0.717) is 5.92 Å². The van der Waals surface area contributed by atoms with Crippen molar-refractivity contribution in [2.45, 2.75) is 45.8 Å². The first-order valence-electron chi connectivity index (χ1n) is 7.62. The third-order valence-electron chi connectivity index (χ3n) is 4.15. The van der Waals surface area contributed by atoms with Crippen LogP contribution in [-0.4, -0.2) is 28.1 Å². The Morgan fingerprint density at radius 2 is 2.29 bits per heavy atom. The van der Waals surface area contributed by atoms with Gasteiger partial charge in [0.1, 0.15) is 5.82 Å². The Kier molecular flexibility index (Phi) is 4.26. The molecule has 5 nitrogen and oxygen atoms in total. The standard InChI is InChI=1S/C15H23N5S/c1-4-11(2)14-12(9-16-3)21-15(18-14)20-8-7-19-6-5-17-13(19)10-20/h5-6,11,16H,4,7-10H2,1-3H3. The molecule has 0 saturated carbocycles. The number of fused-ring (bicyclic) bond motifs is 1. The van der Waals surface area contributed by atoms with Crippen LogP contribution in [0.5, 0.6) is 0 Å². The Bertz CT molecular complexity index is 603. The van der Waals surface area contributed by atoms with Crippen molar-refractivity contribution in [3.63, 3.8) is 0 Å². The highest BCUT2D eigenvalue weighted by Gasteiger charge is 2.22. The van der Waals surface area contributed by atoms with Crippen LogP contribution in [0.3, 0.4) is 0 Å². The maximum atomic E-state index is 4.95. The van der Waals surface area contributed by atoms with Crippen molar-refractivity contribution < 1.29 is 0 Å². The van der Waals surface area contributed by atoms with Gasteiger partial charge in [-0.1, -0.05) is 13.8 Å². The monoisotopic (exact) mass is 305 g/mol. The van der Waals surface area contributed by atoms with Crippen molar-refractivity contribution in [2.24, 2.45) is 0 Å². The number of aromatic nitrogens is 3. The zero-order chi connectivity index (χ0) is 14.8. The van der Waals surface area contributed by atoms with Crippen molar-refractivity contribution in [1.29, 1.82) is 0 Å². The van der Waals surface area contributed by atoms with Gasteiger partial charge in [0.2, 0.25) is 0 Å². The van der Waals surface area contributed by atoms with Crippen LogP contribution in [-0.2, 0) is 19.6 Å². The molecule has 1 aliphatic rings. The average Bonchev–Trinajstić information content (AvgIpc) is 3.12. The van der Waals surface area contributed by atoms with E-state index >= 15 is 0 Å². The highest BCUT2D eigenvalue weighted by molar-refractivity contribution is 7.15. The van der Waals surface area contributed by atoms with Crippen LogP contribution in [0.15, 0.2) is 12.4 Å². The summed E-state index contributed by atoms with van der Waals surface area (Å²) < 4.78 is 2.23. The number of thiazole rings is 1. The van der Waals surface area contributed by atoms with Gasteiger partial charge in [-0.15, -0.1) is 11.3 Å². The molecule has 0 fully saturated rings. The molecule has 3 rings (SSSR count). The van der Waals surface area contributed by atoms with E-state index in [1.54, 1.807) is 0 Å². The third kappa shape index (κ3) is 2.82. The molecule has 1 aliphatic heterocycles. The van der Waals surface area contributed by atoms with Gasteiger partial charge in [0.05, 0.1) is 12.2 Å². The van der Waals surface area contributed by atoms with Gasteiger partial charge in [0, 0.05) is 36.9 Å². The van der Waals surface area contributed by atoms with E-state index in [-0.39, 0.29) is 0 Å². The van der Waals surface area contributed by atoms with Gasteiger partial charge in [-0.25, -0.2) is 9.97 Å². The molecule has 21 heavy (non-hydrogen) atoms. The summed E-state index contributed by atoms with van der Waals surface area (Å²) in [6, 6.07) is 0. The van der Waals surface area contributed by atoms with Crippen LogP contribution in [0, 0.1) is 0 Å². The van der Waals surface area contributed by atoms with Gasteiger partial charge in [-0.2, -0.15) is 0 Å². The molecule has 1 N–H and O–H groups in total. The predicted molar refractivity (Wildman–Crippen MR) is 86.9 cm³/mol. The summed E-state index contributed by atoms with van der Waals surface area (Å²) in [5.41, 5.74) is 1.26. The molecule has 0 spiro atoms. The summed E-state index contributed by atoms with van der Waals surface area (Å²) in [5.74, 6) is 1.65. The Hall–Kier alpha value is -1.40. The molecule has 1 unspecified atom stereocenters. The lowest BCUT2D eigenvalue weighted by Gasteiger charge is -2.27. The largest absolute Gasteiger partial charge is 0.339 e. The van der Waals surface area contributed by atoms with E-state index in [1.807, 2.05) is 24.6 Å². The summed E-state index contributed by atoms with van der Waals surface area (Å²) in [4.78, 5) is 13.1. The molecule has 0 bridgehead atoms. The van der Waals surface area contributed by atoms with Crippen LogP contribution >= 0.6 is 11.3 Å². The number of nitrogens with one attached hydrogen (secondary N) is 1. The first-order chi connectivity index (χ1) is 10.2. The summed E-state index contributed by atoms with van der Waals surface area (Å²) in [6.45, 7) is 8.26. The van der Waals surface area contributed by atoms with Crippen molar-refractivity contribution in [1.82, 2.24) is 19.9 Å². The van der Waals surface area contributed by atoms with Gasteiger partial charge in [-0.05, 0) is 19.4 Å². The van der Waals surface area contributed by atoms with Crippen LogP contribution in [0.25, 0.3) is 0 Å². The maximum absolute atomic E-state index is 4.95. The van der Waals surface area contributed by atoms with E-state index < -0.39 is 0 Å². The molecule has 0 aromatic carbocycles. The number of anilines is 1. The summed E-state index contributed by atoms with van der Waals surface area (Å²) in [7, 11) is 2.00. The lowest BCUT2D eigenvalue weighted by molar-refractivity contribution is 0.558. The lowest BCUT2D eigenvalue weighted by atomic mass is 10.0. The zero-order valence-electron chi connectivity index (χ0n) is 13.0. The van der Waals surface area contributed by atoms with Crippen molar-refractivity contribution >= 4 is 16.5 Å². The fourth-order valence-electron chi connectivity index (χ4n) is 2.69. The number of hydrogen-bond acceptors (Lipinski definition) is 5. The number of imidazole rings is 1. The maximum Gasteiger partial charge on any atom is 0.186 e. The second kappa shape index (κ2) is 6.15. The lowest BCUT2D eigenvalue weighted by Crippen LogP contribution is -2.33. The smallest absolute Gasteiger partial charge is 0.186 e. The van der Waals surface area contributed by atoms with Crippen molar-refractivity contribution in [3.8, 4) is 0 Å². The first kappa shape index (κ1) is 14.5. The highest BCUT2D eigenvalue weighted by Crippen LogP contribution is 2.33. The molecule has 0 amide bonds. The molecule has 0 saturated heterocycles. The second-order valence-electron chi connectivity index (χ2n) is 5.60. The Morgan fingerprint density at radius 1 is 1.43 bits per heavy atom. The zero-order valence-corrected chi connectivity index (χ0v) is 13.8. The molecule has 114 valence electrons. The number of hydrogen-bond donors (Lipinski definition) is 1. The molecule has 2 aromatic heterocycles. The predicted octanol–water partition coefficient (Wildman–Crippen LogP) is 2.59.